The number of nitrogens with one attached hydrogen (secondary N) is 1. The van der Waals surface area contributed by atoms with Crippen molar-refractivity contribution in [3.05, 3.63) is 52.8 Å². The van der Waals surface area contributed by atoms with Crippen LogP contribution < -0.4 is 21.0 Å². The number of aliphatic hydroxyl groups is 1. The van der Waals surface area contributed by atoms with E-state index < -0.39 is 73.0 Å². The second-order valence-corrected chi connectivity index (χ2v) is 11.5. The first kappa shape index (κ1) is 29.0. The van der Waals surface area contributed by atoms with Gasteiger partial charge in [-0.3, -0.25) is 9.36 Å². The number of para-hydroxylation sites is 1. The Morgan fingerprint density at radius 2 is 2.00 bits per heavy atom. The van der Waals surface area contributed by atoms with Gasteiger partial charge in [-0.15, -0.1) is 0 Å². The van der Waals surface area contributed by atoms with Crippen molar-refractivity contribution in [2.75, 3.05) is 12.3 Å². The van der Waals surface area contributed by atoms with Gasteiger partial charge in [-0.1, -0.05) is 18.2 Å². The highest BCUT2D eigenvalue weighted by Crippen LogP contribution is 2.48. The summed E-state index contributed by atoms with van der Waals surface area (Å²) in [6, 6.07) is 7.13. The zero-order valence-corrected chi connectivity index (χ0v) is 21.6. The number of hydrogen-bond donors (Lipinski definition) is 3. The van der Waals surface area contributed by atoms with Gasteiger partial charge in [0.25, 0.3) is 0 Å². The molecule has 11 nitrogen and oxygen atoms in total. The van der Waals surface area contributed by atoms with Crippen molar-refractivity contribution in [1.82, 2.24) is 14.6 Å². The van der Waals surface area contributed by atoms with Crippen molar-refractivity contribution >= 4 is 30.2 Å². The molecule has 1 aromatic heterocycles. The Morgan fingerprint density at radius 3 is 2.62 bits per heavy atom. The second kappa shape index (κ2) is 11.5. The first-order valence-electron chi connectivity index (χ1n) is 11.0. The zero-order chi connectivity index (χ0) is 27.5. The number of benzene rings is 1. The van der Waals surface area contributed by atoms with Gasteiger partial charge in [0, 0.05) is 0 Å². The van der Waals surface area contributed by atoms with Crippen molar-refractivity contribution in [3.8, 4) is 5.75 Å². The molecule has 1 fully saturated rings. The topological polar surface area (TPSA) is 147 Å². The van der Waals surface area contributed by atoms with Gasteiger partial charge < -0.3 is 29.4 Å². The van der Waals surface area contributed by atoms with Crippen LogP contribution in [0.2, 0.25) is 0 Å². The monoisotopic (exact) mass is 566 g/mol. The summed E-state index contributed by atoms with van der Waals surface area (Å²) in [5.74, 6) is -6.46. The van der Waals surface area contributed by atoms with Crippen molar-refractivity contribution in [1.29, 1.82) is 0 Å². The van der Waals surface area contributed by atoms with Gasteiger partial charge in [-0.25, -0.2) is 14.3 Å². The highest BCUT2D eigenvalue weighted by Gasteiger charge is 2.60. The number of anilines is 1. The summed E-state index contributed by atoms with van der Waals surface area (Å²) in [6.45, 7) is 0.373. The molecule has 16 heteroatoms. The van der Waals surface area contributed by atoms with Crippen LogP contribution in [0, 0.1) is 5.82 Å². The SMILES string of the molecule is CC(C)OC(=O)C(C)NP(=S)(OCC1OC(n2cc(F)c(N)nc2=O)C(F)(F)C1O)Oc1ccccc1. The number of nitrogens with two attached hydrogens (primary N) is 1. The van der Waals surface area contributed by atoms with Crippen LogP contribution in [0.15, 0.2) is 41.3 Å². The van der Waals surface area contributed by atoms with E-state index in [0.29, 0.717) is 6.20 Å². The molecular weight excluding hydrogens is 540 g/mol. The Kier molecular flexibility index (Phi) is 8.98. The molecule has 204 valence electrons. The number of rotatable bonds is 10. The maximum atomic E-state index is 14.9. The Labute approximate surface area is 214 Å². The van der Waals surface area contributed by atoms with Crippen LogP contribution in [0.5, 0.6) is 5.75 Å². The van der Waals surface area contributed by atoms with Crippen LogP contribution in [-0.4, -0.2) is 57.5 Å². The number of aromatic nitrogens is 2. The molecule has 37 heavy (non-hydrogen) atoms. The number of hydrogen-bond acceptors (Lipinski definition) is 10. The number of nitrogen functional groups attached to an aromatic ring is 1. The molecule has 0 radical (unpaired) electrons. The van der Waals surface area contributed by atoms with E-state index >= 15 is 0 Å². The number of carbonyl (C=O) groups excluding carboxylic acids is 1. The van der Waals surface area contributed by atoms with Gasteiger partial charge >= 0.3 is 24.2 Å². The lowest BCUT2D eigenvalue weighted by Gasteiger charge is -2.28. The number of aliphatic hydroxyl groups excluding tert-OH is 1. The summed E-state index contributed by atoms with van der Waals surface area (Å²) in [6.07, 6.45) is -6.62. The van der Waals surface area contributed by atoms with E-state index in [1.807, 2.05) is 0 Å². The van der Waals surface area contributed by atoms with Crippen LogP contribution in [0.3, 0.4) is 0 Å². The molecule has 2 heterocycles. The quantitative estimate of drug-likeness (QED) is 0.287. The van der Waals surface area contributed by atoms with Gasteiger partial charge in [0.05, 0.1) is 18.9 Å². The Balaban J connectivity index is 1.81. The lowest BCUT2D eigenvalue weighted by atomic mass is 10.1. The lowest BCUT2D eigenvalue weighted by Crippen LogP contribution is -2.42. The smallest absolute Gasteiger partial charge is 0.352 e. The van der Waals surface area contributed by atoms with Gasteiger partial charge in [0.1, 0.15) is 17.9 Å². The first-order chi connectivity index (χ1) is 17.2. The molecule has 5 unspecified atom stereocenters. The predicted molar refractivity (Wildman–Crippen MR) is 129 cm³/mol. The average Bonchev–Trinajstić information content (AvgIpc) is 3.03. The minimum absolute atomic E-state index is 0.188. The number of nitrogens with zero attached hydrogens (tertiary/aromatic N) is 2. The summed E-state index contributed by atoms with van der Waals surface area (Å²) < 4.78 is 65.5. The third kappa shape index (κ3) is 6.86. The largest absolute Gasteiger partial charge is 0.462 e. The van der Waals surface area contributed by atoms with E-state index in [9.17, 15) is 27.9 Å². The number of carbonyl (C=O) groups is 1. The molecule has 4 N–H and O–H groups in total. The molecule has 5 atom stereocenters. The maximum Gasteiger partial charge on any atom is 0.352 e. The Bertz CT molecular complexity index is 1220. The molecule has 3 rings (SSSR count). The molecule has 1 aliphatic rings. The number of alkyl halides is 2. The zero-order valence-electron chi connectivity index (χ0n) is 19.9. The summed E-state index contributed by atoms with van der Waals surface area (Å²) in [5, 5.41) is 13.0. The van der Waals surface area contributed by atoms with Crippen LogP contribution in [0.25, 0.3) is 0 Å². The maximum absolute atomic E-state index is 14.9. The minimum atomic E-state index is -4.05. The van der Waals surface area contributed by atoms with Crippen LogP contribution in [0.1, 0.15) is 27.0 Å². The van der Waals surface area contributed by atoms with E-state index in [0.717, 1.165) is 0 Å². The summed E-state index contributed by atoms with van der Waals surface area (Å²) in [5.41, 5.74) is 3.89. The standard InChI is InChI=1S/C21H26F3N4O7PS/c1-11(2)33-18(30)12(3)27-36(37,35-13-7-5-4-6-8-13)32-10-15-16(29)21(23,24)19(34-15)28-9-14(22)17(25)26-20(28)31/h4-9,11-12,15-16,19,29H,10H2,1-3H3,(H,27,37)(H2,25,26,31). The predicted octanol–water partition coefficient (Wildman–Crippen LogP) is 2.11. The average molecular weight is 566 g/mol. The van der Waals surface area contributed by atoms with Crippen LogP contribution in [-0.2, 0) is 30.6 Å². The molecule has 1 aromatic carbocycles. The minimum Gasteiger partial charge on any atom is -0.462 e. The van der Waals surface area contributed by atoms with Crippen LogP contribution in [0.4, 0.5) is 19.0 Å². The normalized spacial score (nSPS) is 23.4. The summed E-state index contributed by atoms with van der Waals surface area (Å²) in [4.78, 5) is 27.5. The third-order valence-corrected chi connectivity index (χ3v) is 7.50. The van der Waals surface area contributed by atoms with Gasteiger partial charge in [0.15, 0.2) is 17.7 Å². The summed E-state index contributed by atoms with van der Waals surface area (Å²) >= 11 is 5.49. The van der Waals surface area contributed by atoms with Gasteiger partial charge in [-0.2, -0.15) is 13.8 Å². The highest BCUT2D eigenvalue weighted by atomic mass is 32.5. The Morgan fingerprint density at radius 1 is 1.35 bits per heavy atom. The van der Waals surface area contributed by atoms with Crippen molar-refractivity contribution in [3.63, 3.8) is 0 Å². The van der Waals surface area contributed by atoms with Crippen molar-refractivity contribution in [2.24, 2.45) is 0 Å². The van der Waals surface area contributed by atoms with Crippen molar-refractivity contribution in [2.45, 2.75) is 57.3 Å². The molecule has 0 spiro atoms. The molecule has 1 saturated heterocycles. The van der Waals surface area contributed by atoms with Crippen LogP contribution >= 0.6 is 6.64 Å². The molecule has 2 aromatic rings. The van der Waals surface area contributed by atoms with Gasteiger partial charge in [0.2, 0.25) is 6.23 Å². The van der Waals surface area contributed by atoms with E-state index in [2.05, 4.69) is 10.1 Å². The van der Waals surface area contributed by atoms with E-state index in [-0.39, 0.29) is 10.3 Å². The second-order valence-electron chi connectivity index (χ2n) is 8.34. The molecular formula is C21H26F3N4O7PS. The molecule has 0 bridgehead atoms. The fraction of sp³-hybridized carbons (Fsp3) is 0.476. The number of ether oxygens (including phenoxy) is 2. The summed E-state index contributed by atoms with van der Waals surface area (Å²) in [7, 11) is 0. The molecule has 0 amide bonds. The van der Waals surface area contributed by atoms with E-state index in [1.54, 1.807) is 44.2 Å². The number of halogens is 3. The van der Waals surface area contributed by atoms with E-state index in [1.165, 1.54) is 6.92 Å². The van der Waals surface area contributed by atoms with Gasteiger partial charge in [-0.05, 0) is 44.7 Å². The first-order valence-corrected chi connectivity index (χ1v) is 13.6. The molecule has 1 aliphatic heterocycles. The third-order valence-electron chi connectivity index (χ3n) is 5.00. The Hall–Kier alpha value is -2.55. The lowest BCUT2D eigenvalue weighted by molar-refractivity contribution is -0.149. The number of esters is 1. The van der Waals surface area contributed by atoms with Crippen molar-refractivity contribution < 1.29 is 41.6 Å². The molecule has 0 saturated carbocycles. The van der Waals surface area contributed by atoms with E-state index in [4.69, 9.17) is 36.1 Å². The highest BCUT2D eigenvalue weighted by molar-refractivity contribution is 8.09. The fourth-order valence-corrected chi connectivity index (χ4v) is 5.65. The molecule has 0 aliphatic carbocycles. The fourth-order valence-electron chi connectivity index (χ4n) is 3.24.